The molecule has 1 saturated heterocycles. The van der Waals surface area contributed by atoms with Gasteiger partial charge in [0.1, 0.15) is 28.5 Å². The molecule has 0 spiro atoms. The van der Waals surface area contributed by atoms with E-state index in [1.54, 1.807) is 12.1 Å². The Morgan fingerprint density at radius 3 is 2.40 bits per heavy atom. The molecule has 2 N–H and O–H groups in total. The van der Waals surface area contributed by atoms with Crippen molar-refractivity contribution in [3.8, 4) is 0 Å². The Hall–Kier alpha value is -3.03. The first-order chi connectivity index (χ1) is 16.6. The predicted octanol–water partition coefficient (Wildman–Crippen LogP) is 4.00. The quantitative estimate of drug-likeness (QED) is 0.335. The van der Waals surface area contributed by atoms with Gasteiger partial charge in [0, 0.05) is 42.8 Å². The van der Waals surface area contributed by atoms with E-state index in [2.05, 4.69) is 10.3 Å². The molecule has 0 bridgehead atoms. The second-order valence-electron chi connectivity index (χ2n) is 7.64. The van der Waals surface area contributed by atoms with Gasteiger partial charge in [0.05, 0.1) is 17.0 Å². The lowest BCUT2D eigenvalue weighted by Gasteiger charge is -2.34. The maximum absolute atomic E-state index is 14.6. The third kappa shape index (κ3) is 6.77. The maximum Gasteiger partial charge on any atom is 0.290 e. The van der Waals surface area contributed by atoms with Crippen LogP contribution in [-0.4, -0.2) is 49.1 Å². The van der Waals surface area contributed by atoms with Crippen LogP contribution >= 0.6 is 11.3 Å². The fourth-order valence-corrected chi connectivity index (χ4v) is 5.62. The van der Waals surface area contributed by atoms with Gasteiger partial charge in [0.15, 0.2) is 9.84 Å². The first-order valence-electron chi connectivity index (χ1n) is 10.2. The Morgan fingerprint density at radius 2 is 1.83 bits per heavy atom. The van der Waals surface area contributed by atoms with Crippen molar-refractivity contribution < 1.29 is 35.9 Å². The molecule has 3 aromatic rings. The van der Waals surface area contributed by atoms with Gasteiger partial charge in [-0.05, 0) is 23.8 Å². The number of benzene rings is 2. The van der Waals surface area contributed by atoms with Crippen LogP contribution < -0.4 is 5.32 Å². The highest BCUT2D eigenvalue weighted by Crippen LogP contribution is 2.27. The molecule has 0 unspecified atom stereocenters. The van der Waals surface area contributed by atoms with Crippen molar-refractivity contribution in [1.29, 1.82) is 0 Å². The van der Waals surface area contributed by atoms with Gasteiger partial charge in [-0.2, -0.15) is 0 Å². The summed E-state index contributed by atoms with van der Waals surface area (Å²) >= 11 is 1.18. The lowest BCUT2D eigenvalue weighted by atomic mass is 10.0. The Bertz CT molecular complexity index is 1240. The molecule has 0 radical (unpaired) electrons. The van der Waals surface area contributed by atoms with Crippen LogP contribution in [0.4, 0.5) is 23.2 Å². The second-order valence-corrected chi connectivity index (χ2v) is 10.3. The van der Waals surface area contributed by atoms with E-state index in [1.165, 1.54) is 28.3 Å². The summed E-state index contributed by atoms with van der Waals surface area (Å²) in [5.74, 6) is -3.61. The molecular formula is C22H21F4N3O4S2. The molecule has 188 valence electrons. The van der Waals surface area contributed by atoms with Crippen molar-refractivity contribution >= 4 is 33.3 Å². The minimum Gasteiger partial charge on any atom is -0.483 e. The SMILES string of the molecule is O=CO.O=S(=O)(Cc1cscn1)c1c(F)cc(NCc2c(F)cccc2CN2CC(F)C2)cc1F. The number of thiazole rings is 1. The zero-order valence-electron chi connectivity index (χ0n) is 18.1. The fraction of sp³-hybridized carbons (Fsp3) is 0.273. The van der Waals surface area contributed by atoms with Crippen LogP contribution in [0.2, 0.25) is 0 Å². The molecule has 1 fully saturated rings. The number of sulfone groups is 1. The van der Waals surface area contributed by atoms with E-state index in [0.29, 0.717) is 12.1 Å². The molecule has 0 atom stereocenters. The molecule has 13 heteroatoms. The van der Waals surface area contributed by atoms with E-state index in [4.69, 9.17) is 9.90 Å². The molecular weight excluding hydrogens is 510 g/mol. The van der Waals surface area contributed by atoms with Crippen molar-refractivity contribution in [1.82, 2.24) is 9.88 Å². The monoisotopic (exact) mass is 531 g/mol. The van der Waals surface area contributed by atoms with Gasteiger partial charge in [0.2, 0.25) is 0 Å². The number of nitrogens with one attached hydrogen (secondary N) is 1. The molecule has 2 heterocycles. The number of halogens is 4. The molecule has 4 rings (SSSR count). The highest BCUT2D eigenvalue weighted by molar-refractivity contribution is 7.90. The number of likely N-dealkylation sites (tertiary alicyclic amines) is 1. The largest absolute Gasteiger partial charge is 0.483 e. The van der Waals surface area contributed by atoms with Gasteiger partial charge in [-0.3, -0.25) is 9.69 Å². The molecule has 1 aliphatic heterocycles. The minimum absolute atomic E-state index is 0.0328. The molecule has 0 amide bonds. The highest BCUT2D eigenvalue weighted by Gasteiger charge is 2.28. The van der Waals surface area contributed by atoms with Crippen molar-refractivity contribution in [2.24, 2.45) is 0 Å². The van der Waals surface area contributed by atoms with Crippen molar-refractivity contribution in [3.05, 3.63) is 75.5 Å². The molecule has 0 aliphatic carbocycles. The van der Waals surface area contributed by atoms with Crippen molar-refractivity contribution in [3.63, 3.8) is 0 Å². The van der Waals surface area contributed by atoms with Gasteiger partial charge in [0.25, 0.3) is 6.47 Å². The summed E-state index contributed by atoms with van der Waals surface area (Å²) in [4.78, 5) is 13.0. The van der Waals surface area contributed by atoms with Crippen LogP contribution in [0.25, 0.3) is 0 Å². The zero-order valence-corrected chi connectivity index (χ0v) is 19.8. The van der Waals surface area contributed by atoms with E-state index in [9.17, 15) is 26.0 Å². The fourth-order valence-electron chi connectivity index (χ4n) is 3.55. The number of alkyl halides is 1. The number of aromatic nitrogens is 1. The maximum atomic E-state index is 14.6. The molecule has 0 saturated carbocycles. The number of nitrogens with zero attached hydrogens (tertiary/aromatic N) is 2. The lowest BCUT2D eigenvalue weighted by Crippen LogP contribution is -2.47. The van der Waals surface area contributed by atoms with E-state index in [0.717, 1.165) is 12.1 Å². The summed E-state index contributed by atoms with van der Waals surface area (Å²) < 4.78 is 81.6. The van der Waals surface area contributed by atoms with Gasteiger partial charge in [-0.15, -0.1) is 11.3 Å². The van der Waals surface area contributed by atoms with E-state index < -0.39 is 44.1 Å². The van der Waals surface area contributed by atoms with Crippen LogP contribution in [0.3, 0.4) is 0 Å². The normalized spacial score (nSPS) is 14.1. The van der Waals surface area contributed by atoms with E-state index in [-0.39, 0.29) is 43.1 Å². The topological polar surface area (TPSA) is 99.6 Å². The summed E-state index contributed by atoms with van der Waals surface area (Å²) in [6.45, 7) is 0.567. The van der Waals surface area contributed by atoms with Gasteiger partial charge < -0.3 is 10.4 Å². The summed E-state index contributed by atoms with van der Waals surface area (Å²) in [5.41, 5.74) is 2.52. The Kier molecular flexibility index (Phi) is 8.81. The third-order valence-corrected chi connectivity index (χ3v) is 7.45. The lowest BCUT2D eigenvalue weighted by molar-refractivity contribution is -0.122. The number of hydrogen-bond donors (Lipinski definition) is 2. The van der Waals surface area contributed by atoms with Gasteiger partial charge >= 0.3 is 0 Å². The summed E-state index contributed by atoms with van der Waals surface area (Å²) in [6.07, 6.45) is -0.888. The average molecular weight is 532 g/mol. The molecule has 7 nitrogen and oxygen atoms in total. The van der Waals surface area contributed by atoms with Crippen molar-refractivity contribution in [2.45, 2.75) is 29.9 Å². The standard InChI is InChI=1S/C21H19F4N3O2S2.CH2O2/c22-14-8-28(9-14)7-13-2-1-3-18(23)17(13)6-26-15-4-19(24)21(20(25)5-15)32(29,30)11-16-10-31-12-27-16;2-1-3/h1-5,10,12,14,26H,6-9,11H2;1H,(H,2,3). The van der Waals surface area contributed by atoms with Crippen LogP contribution in [-0.2, 0) is 33.5 Å². The van der Waals surface area contributed by atoms with Gasteiger partial charge in [-0.25, -0.2) is 31.0 Å². The Labute approximate surface area is 203 Å². The van der Waals surface area contributed by atoms with Crippen LogP contribution in [0.5, 0.6) is 0 Å². The first-order valence-corrected chi connectivity index (χ1v) is 12.8. The van der Waals surface area contributed by atoms with Crippen LogP contribution in [0.1, 0.15) is 16.8 Å². The molecule has 35 heavy (non-hydrogen) atoms. The number of hydrogen-bond acceptors (Lipinski definition) is 7. The second kappa shape index (κ2) is 11.6. The zero-order chi connectivity index (χ0) is 25.6. The minimum atomic E-state index is -4.29. The molecule has 1 aromatic heterocycles. The van der Waals surface area contributed by atoms with Gasteiger partial charge in [-0.1, -0.05) is 12.1 Å². The highest BCUT2D eigenvalue weighted by atomic mass is 32.2. The Morgan fingerprint density at radius 1 is 1.17 bits per heavy atom. The van der Waals surface area contributed by atoms with Crippen LogP contribution in [0, 0.1) is 17.5 Å². The van der Waals surface area contributed by atoms with Crippen LogP contribution in [0.15, 0.2) is 46.1 Å². The summed E-state index contributed by atoms with van der Waals surface area (Å²) in [7, 11) is -4.29. The number of rotatable bonds is 8. The smallest absolute Gasteiger partial charge is 0.290 e. The van der Waals surface area contributed by atoms with E-state index in [1.807, 2.05) is 4.90 Å². The average Bonchev–Trinajstić information content (AvgIpc) is 3.24. The summed E-state index contributed by atoms with van der Waals surface area (Å²) in [5, 5.41) is 11.1. The number of carboxylic acid groups (broad SMARTS) is 1. The van der Waals surface area contributed by atoms with E-state index >= 15 is 0 Å². The van der Waals surface area contributed by atoms with Crippen molar-refractivity contribution in [2.75, 3.05) is 18.4 Å². The first kappa shape index (κ1) is 26.6. The third-order valence-electron chi connectivity index (χ3n) is 5.12. The summed E-state index contributed by atoms with van der Waals surface area (Å²) in [6, 6.07) is 6.24. The number of carbonyl (C=O) groups is 1. The number of anilines is 1. The molecule has 1 aliphatic rings. The Balaban J connectivity index is 0.00000108. The predicted molar refractivity (Wildman–Crippen MR) is 122 cm³/mol. The molecule has 2 aromatic carbocycles.